The third-order valence-corrected chi connectivity index (χ3v) is 7.75. The van der Waals surface area contributed by atoms with Crippen LogP contribution in [0.15, 0.2) is 41.3 Å². The van der Waals surface area contributed by atoms with Crippen LogP contribution < -0.4 is 10.3 Å². The van der Waals surface area contributed by atoms with Crippen LogP contribution in [0, 0.1) is 19.7 Å². The van der Waals surface area contributed by atoms with Gasteiger partial charge in [-0.1, -0.05) is 12.1 Å². The Morgan fingerprint density at radius 2 is 1.88 bits per heavy atom. The molecule has 1 aromatic heterocycles. The minimum atomic E-state index is -3.64. The van der Waals surface area contributed by atoms with Gasteiger partial charge in [0.15, 0.2) is 0 Å². The Morgan fingerprint density at radius 3 is 2.52 bits per heavy atom. The Labute approximate surface area is 195 Å². The number of hydrogen-bond acceptors (Lipinski definition) is 4. The number of benzene rings is 1. The molecule has 1 fully saturated rings. The molecule has 2 aromatic rings. The van der Waals surface area contributed by atoms with Gasteiger partial charge in [-0.15, -0.1) is 0 Å². The average Bonchev–Trinajstić information content (AvgIpc) is 2.77. The maximum Gasteiger partial charge on any atom is 0.279 e. The van der Waals surface area contributed by atoms with Gasteiger partial charge < -0.3 is 9.30 Å². The minimum absolute atomic E-state index is 0.0179. The maximum atomic E-state index is 13.6. The van der Waals surface area contributed by atoms with E-state index < -0.39 is 16.3 Å². The second-order valence-electron chi connectivity index (χ2n) is 9.06. The van der Waals surface area contributed by atoms with Crippen LogP contribution in [0.4, 0.5) is 4.39 Å². The predicted molar refractivity (Wildman–Crippen MR) is 127 cm³/mol. The molecule has 3 rings (SSSR count). The van der Waals surface area contributed by atoms with Crippen molar-refractivity contribution in [2.24, 2.45) is 0 Å². The van der Waals surface area contributed by atoms with Gasteiger partial charge in [-0.3, -0.25) is 4.79 Å². The third-order valence-electron chi connectivity index (χ3n) is 6.25. The van der Waals surface area contributed by atoms with Gasteiger partial charge in [0.2, 0.25) is 0 Å². The van der Waals surface area contributed by atoms with Crippen molar-refractivity contribution in [2.75, 3.05) is 27.2 Å². The van der Waals surface area contributed by atoms with Crippen LogP contribution in [0.2, 0.25) is 0 Å². The van der Waals surface area contributed by atoms with Gasteiger partial charge in [-0.05, 0) is 74.8 Å². The van der Waals surface area contributed by atoms with Gasteiger partial charge in [0.25, 0.3) is 15.8 Å². The topological polar surface area (TPSA) is 80.6 Å². The molecule has 1 saturated carbocycles. The van der Waals surface area contributed by atoms with Gasteiger partial charge in [-0.25, -0.2) is 4.39 Å². The second kappa shape index (κ2) is 10.9. The van der Waals surface area contributed by atoms with E-state index >= 15 is 0 Å². The summed E-state index contributed by atoms with van der Waals surface area (Å²) in [5.74, 6) is 0.0954. The number of rotatable bonds is 9. The zero-order valence-electron chi connectivity index (χ0n) is 19.8. The highest BCUT2D eigenvalue weighted by molar-refractivity contribution is 7.87. The zero-order chi connectivity index (χ0) is 24.2. The molecular formula is C24H34FN3O4S. The van der Waals surface area contributed by atoms with Crippen LogP contribution in [0.3, 0.4) is 0 Å². The Bertz CT molecular complexity index is 1110. The molecule has 0 bridgehead atoms. The molecule has 7 nitrogen and oxygen atoms in total. The Hall–Kier alpha value is -2.07. The first kappa shape index (κ1) is 25.6. The van der Waals surface area contributed by atoms with E-state index in [9.17, 15) is 17.6 Å². The zero-order valence-corrected chi connectivity index (χ0v) is 20.6. The summed E-state index contributed by atoms with van der Waals surface area (Å²) in [5.41, 5.74) is 2.38. The fraction of sp³-hybridized carbons (Fsp3) is 0.542. The van der Waals surface area contributed by atoms with Crippen molar-refractivity contribution >= 4 is 10.2 Å². The summed E-state index contributed by atoms with van der Waals surface area (Å²) >= 11 is 0. The van der Waals surface area contributed by atoms with Crippen molar-refractivity contribution in [3.63, 3.8) is 0 Å². The van der Waals surface area contributed by atoms with Crippen molar-refractivity contribution in [1.82, 2.24) is 13.6 Å². The molecule has 1 aliphatic rings. The van der Waals surface area contributed by atoms with Crippen molar-refractivity contribution < 1.29 is 17.5 Å². The molecule has 1 atom stereocenters. The number of aryl methyl sites for hydroxylation is 2. The number of halogens is 1. The van der Waals surface area contributed by atoms with Crippen molar-refractivity contribution in [2.45, 2.75) is 57.6 Å². The van der Waals surface area contributed by atoms with E-state index in [0.717, 1.165) is 41.1 Å². The van der Waals surface area contributed by atoms with Crippen LogP contribution in [0.5, 0.6) is 0 Å². The van der Waals surface area contributed by atoms with E-state index in [2.05, 4.69) is 4.72 Å². The largest absolute Gasteiger partial charge is 0.376 e. The summed E-state index contributed by atoms with van der Waals surface area (Å²) in [7, 11) is -0.733. The first-order valence-electron chi connectivity index (χ1n) is 11.3. The van der Waals surface area contributed by atoms with Crippen LogP contribution in [0.1, 0.15) is 54.3 Å². The lowest BCUT2D eigenvalue weighted by Gasteiger charge is -2.31. The fourth-order valence-corrected chi connectivity index (χ4v) is 4.99. The van der Waals surface area contributed by atoms with Gasteiger partial charge in [0.1, 0.15) is 5.82 Å². The Kier molecular flexibility index (Phi) is 8.44. The molecule has 0 amide bonds. The van der Waals surface area contributed by atoms with E-state index in [1.807, 2.05) is 19.1 Å². The summed E-state index contributed by atoms with van der Waals surface area (Å²) in [5, 5.41) is 0. The first-order valence-corrected chi connectivity index (χ1v) is 12.7. The van der Waals surface area contributed by atoms with Crippen LogP contribution in [-0.2, 0) is 14.9 Å². The SMILES string of the molecule is Cc1cc(C)c(=O)n([C@H](CNS(=O)(=O)N(C)C)CO[C@H]2CC[C@@H](c3cccc(F)c3)CC2)c1. The number of ether oxygens (including phenoxy) is 1. The molecule has 0 aliphatic heterocycles. The summed E-state index contributed by atoms with van der Waals surface area (Å²) in [4.78, 5) is 12.8. The second-order valence-corrected chi connectivity index (χ2v) is 11.0. The smallest absolute Gasteiger partial charge is 0.279 e. The van der Waals surface area contributed by atoms with Crippen LogP contribution in [0.25, 0.3) is 0 Å². The lowest BCUT2D eigenvalue weighted by atomic mass is 9.83. The summed E-state index contributed by atoms with van der Waals surface area (Å²) in [6.45, 7) is 3.91. The molecular weight excluding hydrogens is 445 g/mol. The third kappa shape index (κ3) is 6.72. The molecule has 1 aliphatic carbocycles. The average molecular weight is 480 g/mol. The normalized spacial score (nSPS) is 20.2. The fourth-order valence-electron chi connectivity index (χ4n) is 4.33. The molecule has 0 spiro atoms. The number of nitrogens with one attached hydrogen (secondary N) is 1. The van der Waals surface area contributed by atoms with Gasteiger partial charge in [0, 0.05) is 32.4 Å². The summed E-state index contributed by atoms with van der Waals surface area (Å²) in [6.07, 6.45) is 5.22. The standard InChI is InChI=1S/C24H34FN3O4S/c1-17-12-18(2)24(29)28(15-17)22(14-26-33(30,31)27(3)4)16-32-23-10-8-19(9-11-23)20-6-5-7-21(25)13-20/h5-7,12-13,15,19,22-23,26H,8-11,14,16H2,1-4H3/t19-,22-,23+/m1/s1. The molecule has 1 aromatic carbocycles. The lowest BCUT2D eigenvalue weighted by Crippen LogP contribution is -2.42. The Balaban J connectivity index is 1.67. The van der Waals surface area contributed by atoms with Gasteiger partial charge >= 0.3 is 0 Å². The van der Waals surface area contributed by atoms with E-state index in [-0.39, 0.29) is 30.6 Å². The molecule has 33 heavy (non-hydrogen) atoms. The molecule has 0 radical (unpaired) electrons. The molecule has 0 unspecified atom stereocenters. The molecule has 9 heteroatoms. The number of aromatic nitrogens is 1. The highest BCUT2D eigenvalue weighted by Crippen LogP contribution is 2.34. The Morgan fingerprint density at radius 1 is 1.18 bits per heavy atom. The molecule has 182 valence electrons. The van der Waals surface area contributed by atoms with Gasteiger partial charge in [0.05, 0.1) is 18.8 Å². The molecule has 1 heterocycles. The highest BCUT2D eigenvalue weighted by Gasteiger charge is 2.25. The predicted octanol–water partition coefficient (Wildman–Crippen LogP) is 3.28. The lowest BCUT2D eigenvalue weighted by molar-refractivity contribution is 0.00727. The first-order chi connectivity index (χ1) is 15.6. The monoisotopic (exact) mass is 479 g/mol. The molecule has 0 saturated heterocycles. The maximum absolute atomic E-state index is 13.6. The summed E-state index contributed by atoms with van der Waals surface area (Å²) < 4.78 is 49.5. The van der Waals surface area contributed by atoms with E-state index in [1.54, 1.807) is 29.8 Å². The van der Waals surface area contributed by atoms with Crippen LogP contribution in [-0.4, -0.2) is 50.6 Å². The van der Waals surface area contributed by atoms with Crippen molar-refractivity contribution in [3.05, 3.63) is 69.4 Å². The van der Waals surface area contributed by atoms with E-state index in [0.29, 0.717) is 11.5 Å². The molecule has 1 N–H and O–H groups in total. The van der Waals surface area contributed by atoms with E-state index in [4.69, 9.17) is 4.74 Å². The highest BCUT2D eigenvalue weighted by atomic mass is 32.2. The quantitative estimate of drug-likeness (QED) is 0.599. The van der Waals surface area contributed by atoms with E-state index in [1.165, 1.54) is 20.2 Å². The van der Waals surface area contributed by atoms with Crippen molar-refractivity contribution in [3.8, 4) is 0 Å². The number of pyridine rings is 1. The van der Waals surface area contributed by atoms with Gasteiger partial charge in [-0.2, -0.15) is 17.4 Å². The number of hydrogen-bond donors (Lipinski definition) is 1. The van der Waals surface area contributed by atoms with Crippen molar-refractivity contribution in [1.29, 1.82) is 0 Å². The summed E-state index contributed by atoms with van der Waals surface area (Å²) in [6, 6.07) is 8.10. The number of nitrogens with zero attached hydrogens (tertiary/aromatic N) is 2. The minimum Gasteiger partial charge on any atom is -0.376 e. The van der Waals surface area contributed by atoms with Crippen LogP contribution >= 0.6 is 0 Å².